The molecule has 0 saturated carbocycles. The SMILES string of the molecule is CC(NCCS(C)=O)c1ccc(S(=O)(=O)N(C)C)cc1. The Hall–Kier alpha value is -0.760. The third-order valence-electron chi connectivity index (χ3n) is 3.00. The first-order valence-electron chi connectivity index (χ1n) is 6.31. The van der Waals surface area contributed by atoms with Gasteiger partial charge in [0.15, 0.2) is 0 Å². The predicted octanol–water partition coefficient (Wildman–Crippen LogP) is 0.966. The van der Waals surface area contributed by atoms with Crippen molar-refractivity contribution < 1.29 is 12.6 Å². The van der Waals surface area contributed by atoms with E-state index in [1.807, 2.05) is 6.92 Å². The van der Waals surface area contributed by atoms with Gasteiger partial charge in [-0.05, 0) is 24.6 Å². The van der Waals surface area contributed by atoms with E-state index in [1.54, 1.807) is 30.5 Å². The van der Waals surface area contributed by atoms with E-state index in [0.717, 1.165) is 5.56 Å². The van der Waals surface area contributed by atoms with Gasteiger partial charge in [0.05, 0.1) is 4.90 Å². The lowest BCUT2D eigenvalue weighted by atomic mass is 10.1. The highest BCUT2D eigenvalue weighted by Crippen LogP contribution is 2.17. The van der Waals surface area contributed by atoms with E-state index in [0.29, 0.717) is 12.3 Å². The Kier molecular flexibility index (Phi) is 6.32. The summed E-state index contributed by atoms with van der Waals surface area (Å²) in [5, 5.41) is 3.26. The normalized spacial score (nSPS) is 15.2. The molecule has 0 fully saturated rings. The first kappa shape index (κ1) is 17.3. The van der Waals surface area contributed by atoms with Crippen LogP contribution >= 0.6 is 0 Å². The fourth-order valence-electron chi connectivity index (χ4n) is 1.68. The van der Waals surface area contributed by atoms with Crippen LogP contribution in [-0.4, -0.2) is 49.6 Å². The molecule has 1 aromatic rings. The van der Waals surface area contributed by atoms with E-state index in [2.05, 4.69) is 5.32 Å². The van der Waals surface area contributed by atoms with E-state index in [-0.39, 0.29) is 10.9 Å². The average Bonchev–Trinajstić information content (AvgIpc) is 2.38. The molecule has 0 aliphatic rings. The molecule has 0 saturated heterocycles. The lowest BCUT2D eigenvalue weighted by Crippen LogP contribution is -2.24. The van der Waals surface area contributed by atoms with Crippen LogP contribution in [0.3, 0.4) is 0 Å². The van der Waals surface area contributed by atoms with Gasteiger partial charge in [-0.15, -0.1) is 0 Å². The Morgan fingerprint density at radius 3 is 2.25 bits per heavy atom. The lowest BCUT2D eigenvalue weighted by molar-refractivity contribution is 0.520. The molecule has 0 aliphatic carbocycles. The second-order valence-corrected chi connectivity index (χ2v) is 8.52. The van der Waals surface area contributed by atoms with Gasteiger partial charge in [-0.1, -0.05) is 12.1 Å². The van der Waals surface area contributed by atoms with Crippen LogP contribution in [-0.2, 0) is 20.8 Å². The summed E-state index contributed by atoms with van der Waals surface area (Å²) in [6.07, 6.45) is 1.67. The minimum atomic E-state index is -3.37. The molecule has 20 heavy (non-hydrogen) atoms. The summed E-state index contributed by atoms with van der Waals surface area (Å²) >= 11 is 0. The van der Waals surface area contributed by atoms with E-state index in [4.69, 9.17) is 0 Å². The van der Waals surface area contributed by atoms with Crippen LogP contribution in [0.4, 0.5) is 0 Å². The molecule has 114 valence electrons. The minimum Gasteiger partial charge on any atom is -0.309 e. The molecular formula is C13H22N2O3S2. The zero-order valence-corrected chi connectivity index (χ0v) is 13.9. The molecule has 1 aromatic carbocycles. The fourth-order valence-corrected chi connectivity index (χ4v) is 2.98. The molecule has 2 atom stereocenters. The standard InChI is InChI=1S/C13H22N2O3S2/c1-11(14-9-10-19(4)16)12-5-7-13(8-6-12)20(17,18)15(2)3/h5-8,11,14H,9-10H2,1-4H3. The topological polar surface area (TPSA) is 66.5 Å². The fraction of sp³-hybridized carbons (Fsp3) is 0.538. The van der Waals surface area contributed by atoms with E-state index in [1.165, 1.54) is 18.4 Å². The van der Waals surface area contributed by atoms with Gasteiger partial charge in [0.25, 0.3) is 0 Å². The Bertz CT molecular complexity index is 553. The van der Waals surface area contributed by atoms with Gasteiger partial charge < -0.3 is 5.32 Å². The predicted molar refractivity (Wildman–Crippen MR) is 82.7 cm³/mol. The lowest BCUT2D eigenvalue weighted by Gasteiger charge is -2.15. The second kappa shape index (κ2) is 7.31. The molecule has 0 amide bonds. The quantitative estimate of drug-likeness (QED) is 0.813. The van der Waals surface area contributed by atoms with Gasteiger partial charge in [-0.25, -0.2) is 12.7 Å². The second-order valence-electron chi connectivity index (χ2n) is 4.81. The number of benzene rings is 1. The first-order valence-corrected chi connectivity index (χ1v) is 9.47. The summed E-state index contributed by atoms with van der Waals surface area (Å²) in [6, 6.07) is 6.92. The number of hydrogen-bond acceptors (Lipinski definition) is 4. The van der Waals surface area contributed by atoms with Gasteiger partial charge in [0, 0.05) is 49.5 Å². The number of hydrogen-bond donors (Lipinski definition) is 1. The highest BCUT2D eigenvalue weighted by atomic mass is 32.2. The summed E-state index contributed by atoms with van der Waals surface area (Å²) in [6.45, 7) is 2.66. The monoisotopic (exact) mass is 318 g/mol. The van der Waals surface area contributed by atoms with E-state index in [9.17, 15) is 12.6 Å². The van der Waals surface area contributed by atoms with Gasteiger partial charge >= 0.3 is 0 Å². The van der Waals surface area contributed by atoms with Crippen molar-refractivity contribution in [1.29, 1.82) is 0 Å². The molecule has 0 radical (unpaired) electrons. The van der Waals surface area contributed by atoms with Crippen LogP contribution in [0.2, 0.25) is 0 Å². The Labute approximate surface area is 123 Å². The van der Waals surface area contributed by atoms with Crippen LogP contribution < -0.4 is 5.32 Å². The van der Waals surface area contributed by atoms with Gasteiger partial charge in [0.1, 0.15) is 0 Å². The van der Waals surface area contributed by atoms with Crippen LogP contribution in [0, 0.1) is 0 Å². The molecule has 1 N–H and O–H groups in total. The number of nitrogens with zero attached hydrogens (tertiary/aromatic N) is 1. The Morgan fingerprint density at radius 2 is 1.80 bits per heavy atom. The van der Waals surface area contributed by atoms with Crippen molar-refractivity contribution in [2.24, 2.45) is 0 Å². The molecule has 7 heteroatoms. The van der Waals surface area contributed by atoms with E-state index < -0.39 is 20.8 Å². The highest BCUT2D eigenvalue weighted by Gasteiger charge is 2.17. The van der Waals surface area contributed by atoms with Crippen molar-refractivity contribution in [1.82, 2.24) is 9.62 Å². The van der Waals surface area contributed by atoms with Crippen LogP contribution in [0.1, 0.15) is 18.5 Å². The van der Waals surface area contributed by atoms with Crippen molar-refractivity contribution >= 4 is 20.8 Å². The van der Waals surface area contributed by atoms with Crippen LogP contribution in [0.15, 0.2) is 29.2 Å². The van der Waals surface area contributed by atoms with Crippen molar-refractivity contribution in [3.8, 4) is 0 Å². The molecule has 1 rings (SSSR count). The van der Waals surface area contributed by atoms with Gasteiger partial charge in [0.2, 0.25) is 10.0 Å². The Balaban J connectivity index is 2.74. The maximum Gasteiger partial charge on any atom is 0.242 e. The maximum absolute atomic E-state index is 11.9. The summed E-state index contributed by atoms with van der Waals surface area (Å²) in [4.78, 5) is 0.285. The molecule has 0 bridgehead atoms. The van der Waals surface area contributed by atoms with Gasteiger partial charge in [-0.3, -0.25) is 4.21 Å². The minimum absolute atomic E-state index is 0.0923. The van der Waals surface area contributed by atoms with Crippen LogP contribution in [0.25, 0.3) is 0 Å². The maximum atomic E-state index is 11.9. The number of nitrogens with one attached hydrogen (secondary N) is 1. The average molecular weight is 318 g/mol. The highest BCUT2D eigenvalue weighted by molar-refractivity contribution is 7.89. The van der Waals surface area contributed by atoms with Crippen molar-refractivity contribution in [2.45, 2.75) is 17.9 Å². The molecule has 0 spiro atoms. The first-order chi connectivity index (χ1) is 9.25. The number of rotatable bonds is 7. The summed E-state index contributed by atoms with van der Waals surface area (Å²) < 4.78 is 36.0. The number of sulfonamides is 1. The molecule has 0 heterocycles. The molecular weight excluding hydrogens is 296 g/mol. The van der Waals surface area contributed by atoms with Crippen molar-refractivity contribution in [3.05, 3.63) is 29.8 Å². The summed E-state index contributed by atoms with van der Waals surface area (Å²) in [5.74, 6) is 0.609. The molecule has 2 unspecified atom stereocenters. The summed E-state index contributed by atoms with van der Waals surface area (Å²) in [5.41, 5.74) is 1.00. The largest absolute Gasteiger partial charge is 0.309 e. The Morgan fingerprint density at radius 1 is 1.25 bits per heavy atom. The summed E-state index contributed by atoms with van der Waals surface area (Å²) in [7, 11) is -1.16. The molecule has 0 aliphatic heterocycles. The van der Waals surface area contributed by atoms with Crippen molar-refractivity contribution in [2.75, 3.05) is 32.6 Å². The zero-order valence-electron chi connectivity index (χ0n) is 12.3. The van der Waals surface area contributed by atoms with Crippen molar-refractivity contribution in [3.63, 3.8) is 0 Å². The smallest absolute Gasteiger partial charge is 0.242 e. The third-order valence-corrected chi connectivity index (χ3v) is 5.61. The molecule has 0 aromatic heterocycles. The third kappa shape index (κ3) is 4.66. The van der Waals surface area contributed by atoms with E-state index >= 15 is 0 Å². The zero-order chi connectivity index (χ0) is 15.3. The molecule has 5 nitrogen and oxygen atoms in total. The van der Waals surface area contributed by atoms with Crippen LogP contribution in [0.5, 0.6) is 0 Å². The van der Waals surface area contributed by atoms with Gasteiger partial charge in [-0.2, -0.15) is 0 Å².